The van der Waals surface area contributed by atoms with Crippen LogP contribution in [0.3, 0.4) is 0 Å². The molecule has 2 heteroatoms. The second kappa shape index (κ2) is 5.83. The van der Waals surface area contributed by atoms with Crippen LogP contribution in [0.2, 0.25) is 0 Å². The van der Waals surface area contributed by atoms with Crippen molar-refractivity contribution in [2.75, 3.05) is 13.6 Å². The van der Waals surface area contributed by atoms with Gasteiger partial charge in [-0.25, -0.2) is 0 Å². The molecular formula is C14H23NS. The van der Waals surface area contributed by atoms with Gasteiger partial charge in [-0.3, -0.25) is 0 Å². The first-order valence-electron chi connectivity index (χ1n) is 6.55. The normalized spacial score (nSPS) is 22.0. The first kappa shape index (κ1) is 12.1. The minimum atomic E-state index is 0.753. The number of rotatable bonds is 2. The Bertz CT molecular complexity index is 329. The summed E-state index contributed by atoms with van der Waals surface area (Å²) in [5, 5.41) is 3.36. The lowest BCUT2D eigenvalue weighted by atomic mass is 9.94. The third-order valence-corrected chi connectivity index (χ3v) is 4.69. The molecule has 90 valence electrons. The maximum absolute atomic E-state index is 3.36. The van der Waals surface area contributed by atoms with E-state index in [1.165, 1.54) is 43.4 Å². The second-order valence-corrected chi connectivity index (χ2v) is 6.28. The average Bonchev–Trinajstić information content (AvgIpc) is 2.64. The van der Waals surface area contributed by atoms with Gasteiger partial charge in [0.25, 0.3) is 0 Å². The third-order valence-electron chi connectivity index (χ3n) is 3.56. The second-order valence-electron chi connectivity index (χ2n) is 4.94. The molecule has 0 aliphatic heterocycles. The Hall–Kier alpha value is -0.340. The summed E-state index contributed by atoms with van der Waals surface area (Å²) in [6.45, 7) is 3.39. The topological polar surface area (TPSA) is 12.0 Å². The Labute approximate surface area is 103 Å². The summed E-state index contributed by atoms with van der Waals surface area (Å²) >= 11 is 2.02. The highest BCUT2D eigenvalue weighted by Gasteiger charge is 2.18. The molecule has 0 aromatic carbocycles. The Morgan fingerprint density at radius 3 is 2.94 bits per heavy atom. The molecular weight excluding hydrogens is 214 g/mol. The van der Waals surface area contributed by atoms with Gasteiger partial charge in [-0.05, 0) is 50.8 Å². The van der Waals surface area contributed by atoms with Gasteiger partial charge in [0.05, 0.1) is 0 Å². The fourth-order valence-electron chi connectivity index (χ4n) is 2.77. The Balaban J connectivity index is 2.23. The molecule has 16 heavy (non-hydrogen) atoms. The van der Waals surface area contributed by atoms with Gasteiger partial charge in [0.15, 0.2) is 0 Å². The SMILES string of the molecule is CNCC1CCCCCCc2sc(C)cc21. The summed E-state index contributed by atoms with van der Waals surface area (Å²) in [5.41, 5.74) is 1.65. The van der Waals surface area contributed by atoms with Gasteiger partial charge in [0.1, 0.15) is 0 Å². The Morgan fingerprint density at radius 1 is 1.31 bits per heavy atom. The van der Waals surface area contributed by atoms with Gasteiger partial charge < -0.3 is 5.32 Å². The molecule has 0 saturated heterocycles. The predicted octanol–water partition coefficient (Wildman–Crippen LogP) is 3.87. The van der Waals surface area contributed by atoms with E-state index in [2.05, 4.69) is 25.4 Å². The van der Waals surface area contributed by atoms with E-state index in [0.29, 0.717) is 0 Å². The Morgan fingerprint density at radius 2 is 2.12 bits per heavy atom. The number of aryl methyl sites for hydroxylation is 2. The highest BCUT2D eigenvalue weighted by molar-refractivity contribution is 7.12. The van der Waals surface area contributed by atoms with E-state index in [1.807, 2.05) is 11.3 Å². The third kappa shape index (κ3) is 2.86. The van der Waals surface area contributed by atoms with Gasteiger partial charge >= 0.3 is 0 Å². The lowest BCUT2D eigenvalue weighted by Gasteiger charge is -2.16. The van der Waals surface area contributed by atoms with E-state index in [1.54, 1.807) is 10.4 Å². The minimum Gasteiger partial charge on any atom is -0.319 e. The van der Waals surface area contributed by atoms with Crippen molar-refractivity contribution >= 4 is 11.3 Å². The number of hydrogen-bond donors (Lipinski definition) is 1. The fraction of sp³-hybridized carbons (Fsp3) is 0.714. The van der Waals surface area contributed by atoms with Crippen molar-refractivity contribution < 1.29 is 0 Å². The smallest absolute Gasteiger partial charge is 0.00833 e. The molecule has 1 aliphatic carbocycles. The van der Waals surface area contributed by atoms with Crippen molar-refractivity contribution in [1.82, 2.24) is 5.32 Å². The van der Waals surface area contributed by atoms with Crippen molar-refractivity contribution in [2.24, 2.45) is 0 Å². The standard InChI is InChI=1S/C14H23NS/c1-11-9-13-12(10-15-2)7-5-3-4-6-8-14(13)16-11/h9,12,15H,3-8,10H2,1-2H3. The van der Waals surface area contributed by atoms with Crippen LogP contribution in [0.5, 0.6) is 0 Å². The van der Waals surface area contributed by atoms with Crippen LogP contribution in [0.1, 0.15) is 53.3 Å². The lowest BCUT2D eigenvalue weighted by Crippen LogP contribution is -2.17. The van der Waals surface area contributed by atoms with Crippen molar-refractivity contribution in [3.8, 4) is 0 Å². The first-order valence-corrected chi connectivity index (χ1v) is 7.36. The molecule has 1 aromatic heterocycles. The number of hydrogen-bond acceptors (Lipinski definition) is 2. The fourth-order valence-corrected chi connectivity index (χ4v) is 3.93. The zero-order valence-electron chi connectivity index (χ0n) is 10.5. The summed E-state index contributed by atoms with van der Waals surface area (Å²) < 4.78 is 0. The van der Waals surface area contributed by atoms with Gasteiger partial charge in [-0.1, -0.05) is 19.3 Å². The molecule has 0 fully saturated rings. The van der Waals surface area contributed by atoms with E-state index in [9.17, 15) is 0 Å². The molecule has 1 heterocycles. The van der Waals surface area contributed by atoms with Crippen LogP contribution < -0.4 is 5.32 Å². The van der Waals surface area contributed by atoms with Crippen LogP contribution in [-0.2, 0) is 6.42 Å². The van der Waals surface area contributed by atoms with E-state index >= 15 is 0 Å². The number of fused-ring (bicyclic) bond motifs is 1. The largest absolute Gasteiger partial charge is 0.319 e. The minimum absolute atomic E-state index is 0.753. The van der Waals surface area contributed by atoms with Gasteiger partial charge in [0.2, 0.25) is 0 Å². The lowest BCUT2D eigenvalue weighted by molar-refractivity contribution is 0.540. The monoisotopic (exact) mass is 237 g/mol. The van der Waals surface area contributed by atoms with Gasteiger partial charge in [-0.15, -0.1) is 11.3 Å². The van der Waals surface area contributed by atoms with Gasteiger partial charge in [0, 0.05) is 16.3 Å². The summed E-state index contributed by atoms with van der Waals surface area (Å²) in [4.78, 5) is 3.16. The molecule has 1 unspecified atom stereocenters. The molecule has 2 rings (SSSR count). The molecule has 1 aliphatic rings. The van der Waals surface area contributed by atoms with Gasteiger partial charge in [-0.2, -0.15) is 0 Å². The molecule has 1 nitrogen and oxygen atoms in total. The average molecular weight is 237 g/mol. The zero-order chi connectivity index (χ0) is 11.4. The van der Waals surface area contributed by atoms with Crippen molar-refractivity contribution in [3.63, 3.8) is 0 Å². The molecule has 0 spiro atoms. The van der Waals surface area contributed by atoms with Crippen molar-refractivity contribution in [2.45, 2.75) is 51.4 Å². The van der Waals surface area contributed by atoms with Crippen LogP contribution in [0.25, 0.3) is 0 Å². The summed E-state index contributed by atoms with van der Waals surface area (Å²) in [7, 11) is 2.07. The van der Waals surface area contributed by atoms with Crippen molar-refractivity contribution in [3.05, 3.63) is 21.4 Å². The number of thiophene rings is 1. The van der Waals surface area contributed by atoms with Crippen molar-refractivity contribution in [1.29, 1.82) is 0 Å². The van der Waals surface area contributed by atoms with Crippen LogP contribution in [0.15, 0.2) is 6.07 Å². The summed E-state index contributed by atoms with van der Waals surface area (Å²) in [5.74, 6) is 0.753. The molecule has 0 saturated carbocycles. The van der Waals surface area contributed by atoms with E-state index in [0.717, 1.165) is 12.5 Å². The molecule has 0 amide bonds. The summed E-state index contributed by atoms with van der Waals surface area (Å²) in [6.07, 6.45) is 8.31. The molecule has 0 radical (unpaired) electrons. The molecule has 1 aromatic rings. The zero-order valence-corrected chi connectivity index (χ0v) is 11.3. The maximum Gasteiger partial charge on any atom is 0.00833 e. The van der Waals surface area contributed by atoms with Crippen LogP contribution >= 0.6 is 11.3 Å². The van der Waals surface area contributed by atoms with E-state index in [-0.39, 0.29) is 0 Å². The Kier molecular flexibility index (Phi) is 4.42. The van der Waals surface area contributed by atoms with E-state index < -0.39 is 0 Å². The molecule has 0 bridgehead atoms. The van der Waals surface area contributed by atoms with E-state index in [4.69, 9.17) is 0 Å². The molecule has 1 atom stereocenters. The quantitative estimate of drug-likeness (QED) is 0.823. The number of likely N-dealkylation sites (N-methyl/N-ethyl adjacent to an activating group) is 1. The van der Waals surface area contributed by atoms with Crippen LogP contribution in [0.4, 0.5) is 0 Å². The highest BCUT2D eigenvalue weighted by Crippen LogP contribution is 2.34. The highest BCUT2D eigenvalue weighted by atomic mass is 32.1. The molecule has 1 N–H and O–H groups in total. The number of nitrogens with one attached hydrogen (secondary N) is 1. The summed E-state index contributed by atoms with van der Waals surface area (Å²) in [6, 6.07) is 2.44. The maximum atomic E-state index is 3.36. The van der Waals surface area contributed by atoms with Crippen LogP contribution in [-0.4, -0.2) is 13.6 Å². The first-order chi connectivity index (χ1) is 7.81. The van der Waals surface area contributed by atoms with Crippen LogP contribution in [0, 0.1) is 6.92 Å². The predicted molar refractivity (Wildman–Crippen MR) is 72.5 cm³/mol.